The number of nitrogens with zero attached hydrogens (tertiary/aromatic N) is 3. The maximum atomic E-state index is 13.4. The lowest BCUT2D eigenvalue weighted by Crippen LogP contribution is -2.53. The van der Waals surface area contributed by atoms with E-state index in [1.54, 1.807) is 32.0 Å². The fraction of sp³-hybridized carbons (Fsp3) is 0.429. The van der Waals surface area contributed by atoms with Crippen molar-refractivity contribution in [3.63, 3.8) is 0 Å². The highest BCUT2D eigenvalue weighted by Gasteiger charge is 2.32. The number of aliphatic imine (C=N–C) groups is 2. The first kappa shape index (κ1) is 19.2. The number of nitrogens with two attached hydrogens (primary N) is 2. The van der Waals surface area contributed by atoms with E-state index in [1.165, 1.54) is 11.1 Å². The number of hydrogen-bond donors (Lipinski definition) is 2. The molecule has 0 atom stereocenters. The van der Waals surface area contributed by atoms with Crippen molar-refractivity contribution in [2.45, 2.75) is 25.9 Å². The summed E-state index contributed by atoms with van der Waals surface area (Å²) < 4.78 is 18.7. The van der Waals surface area contributed by atoms with Crippen LogP contribution in [0.15, 0.2) is 34.3 Å². The van der Waals surface area contributed by atoms with E-state index in [0.717, 1.165) is 0 Å². The fourth-order valence-electron chi connectivity index (χ4n) is 1.98. The molecule has 0 aromatic heterocycles. The van der Waals surface area contributed by atoms with Gasteiger partial charge in [0, 0.05) is 6.42 Å². The molecule has 2 rings (SSSR count). The van der Waals surface area contributed by atoms with E-state index in [0.29, 0.717) is 19.6 Å². The van der Waals surface area contributed by atoms with Gasteiger partial charge in [-0.25, -0.2) is 9.38 Å². The minimum absolute atomic E-state index is 0. The maximum Gasteiger partial charge on any atom is 0.226 e. The smallest absolute Gasteiger partial charge is 0.226 e. The Kier molecular flexibility index (Phi) is 6.77. The van der Waals surface area contributed by atoms with E-state index >= 15 is 0 Å². The van der Waals surface area contributed by atoms with Crippen LogP contribution < -0.4 is 16.2 Å². The van der Waals surface area contributed by atoms with Crippen molar-refractivity contribution >= 4 is 28.9 Å². The normalized spacial score (nSPS) is 16.2. The highest BCUT2D eigenvalue weighted by molar-refractivity contribution is 8.93. The monoisotopic (exact) mass is 389 g/mol. The summed E-state index contributed by atoms with van der Waals surface area (Å²) >= 11 is 0. The molecular formula is C14H21BrFN5O2. The highest BCUT2D eigenvalue weighted by Crippen LogP contribution is 2.20. The zero-order valence-corrected chi connectivity index (χ0v) is 14.7. The Morgan fingerprint density at radius 1 is 1.22 bits per heavy atom. The predicted octanol–water partition coefficient (Wildman–Crippen LogP) is 1.79. The molecule has 0 saturated heterocycles. The number of ether oxygens (including phenoxy) is 1. The van der Waals surface area contributed by atoms with Crippen molar-refractivity contribution < 1.29 is 14.0 Å². The molecular weight excluding hydrogens is 369 g/mol. The van der Waals surface area contributed by atoms with Crippen LogP contribution in [0.5, 0.6) is 5.75 Å². The molecule has 0 aliphatic carbocycles. The fourth-order valence-corrected chi connectivity index (χ4v) is 1.98. The second-order valence-electron chi connectivity index (χ2n) is 5.19. The van der Waals surface area contributed by atoms with Gasteiger partial charge in [-0.1, -0.05) is 12.1 Å². The second kappa shape index (κ2) is 8.11. The molecule has 0 saturated carbocycles. The van der Waals surface area contributed by atoms with Crippen molar-refractivity contribution in [3.05, 3.63) is 30.1 Å². The molecule has 0 unspecified atom stereocenters. The molecule has 1 aromatic carbocycles. The van der Waals surface area contributed by atoms with Gasteiger partial charge in [0.25, 0.3) is 0 Å². The number of benzene rings is 1. The highest BCUT2D eigenvalue weighted by atomic mass is 79.9. The van der Waals surface area contributed by atoms with Crippen LogP contribution >= 0.6 is 17.0 Å². The van der Waals surface area contributed by atoms with E-state index < -0.39 is 5.66 Å². The first-order chi connectivity index (χ1) is 10.4. The zero-order valence-electron chi connectivity index (χ0n) is 13.0. The minimum Gasteiger partial charge on any atom is -0.490 e. The standard InChI is InChI=1S/C14H20FN5O2.BrH/c1-14(2)19-12(16)18-13(17)20(14)22-9-5-8-21-11-7-4-3-6-10(11)15;/h3-4,6-7H,5,8-9H2,1-2H3,(H4,16,17,18,19);1H. The predicted molar refractivity (Wildman–Crippen MR) is 91.9 cm³/mol. The first-order valence-corrected chi connectivity index (χ1v) is 6.90. The first-order valence-electron chi connectivity index (χ1n) is 6.90. The molecule has 4 N–H and O–H groups in total. The third-order valence-corrected chi connectivity index (χ3v) is 2.93. The van der Waals surface area contributed by atoms with Crippen LogP contribution in [-0.2, 0) is 4.84 Å². The average molecular weight is 390 g/mol. The lowest BCUT2D eigenvalue weighted by atomic mass is 10.2. The second-order valence-corrected chi connectivity index (χ2v) is 5.19. The van der Waals surface area contributed by atoms with E-state index in [9.17, 15) is 4.39 Å². The Bertz CT molecular complexity index is 594. The summed E-state index contributed by atoms with van der Waals surface area (Å²) in [5, 5.41) is 1.40. The molecule has 1 aromatic rings. The summed E-state index contributed by atoms with van der Waals surface area (Å²) in [7, 11) is 0. The van der Waals surface area contributed by atoms with E-state index in [2.05, 4.69) is 9.98 Å². The summed E-state index contributed by atoms with van der Waals surface area (Å²) in [5.41, 5.74) is 10.6. The zero-order chi connectivity index (χ0) is 16.2. The molecule has 1 aliphatic rings. The Morgan fingerprint density at radius 2 is 1.91 bits per heavy atom. The number of rotatable bonds is 6. The molecule has 0 bridgehead atoms. The van der Waals surface area contributed by atoms with Gasteiger partial charge in [0.1, 0.15) is 0 Å². The molecule has 128 valence electrons. The Hall–Kier alpha value is -1.87. The van der Waals surface area contributed by atoms with Crippen LogP contribution in [0.25, 0.3) is 0 Å². The van der Waals surface area contributed by atoms with E-state index in [1.807, 2.05) is 0 Å². The van der Waals surface area contributed by atoms with Gasteiger partial charge in [-0.15, -0.1) is 17.0 Å². The molecule has 0 radical (unpaired) electrons. The molecule has 0 fully saturated rings. The number of halogens is 2. The van der Waals surface area contributed by atoms with Gasteiger partial charge < -0.3 is 16.2 Å². The number of hydroxylamine groups is 2. The Labute approximate surface area is 144 Å². The SMILES string of the molecule is Br.CC1(C)N=C(N)N=C(N)N1OCCCOc1ccccc1F. The van der Waals surface area contributed by atoms with Crippen LogP contribution in [0.1, 0.15) is 20.3 Å². The van der Waals surface area contributed by atoms with E-state index in [4.69, 9.17) is 21.0 Å². The molecule has 1 aliphatic heterocycles. The molecule has 1 heterocycles. The van der Waals surface area contributed by atoms with Gasteiger partial charge in [0.05, 0.1) is 13.2 Å². The molecule has 23 heavy (non-hydrogen) atoms. The van der Waals surface area contributed by atoms with Gasteiger partial charge in [-0.2, -0.15) is 10.1 Å². The quantitative estimate of drug-likeness (QED) is 0.722. The van der Waals surface area contributed by atoms with Gasteiger partial charge in [0.15, 0.2) is 17.2 Å². The molecule has 7 nitrogen and oxygen atoms in total. The summed E-state index contributed by atoms with van der Waals surface area (Å²) in [5.74, 6) is 0.0961. The summed E-state index contributed by atoms with van der Waals surface area (Å²) in [6, 6.07) is 6.25. The Balaban J connectivity index is 0.00000264. The van der Waals surface area contributed by atoms with Crippen LogP contribution in [-0.4, -0.2) is 35.9 Å². The lowest BCUT2D eigenvalue weighted by Gasteiger charge is -2.36. The van der Waals surface area contributed by atoms with Gasteiger partial charge in [0.2, 0.25) is 11.9 Å². The van der Waals surface area contributed by atoms with E-state index in [-0.39, 0.29) is 40.5 Å². The molecule has 0 spiro atoms. The number of guanidine groups is 2. The maximum absolute atomic E-state index is 13.4. The minimum atomic E-state index is -0.734. The van der Waals surface area contributed by atoms with Crippen LogP contribution in [0, 0.1) is 5.82 Å². The van der Waals surface area contributed by atoms with Crippen molar-refractivity contribution in [1.82, 2.24) is 5.06 Å². The van der Waals surface area contributed by atoms with Gasteiger partial charge in [-0.05, 0) is 26.0 Å². The van der Waals surface area contributed by atoms with Crippen molar-refractivity contribution in [2.75, 3.05) is 13.2 Å². The third-order valence-electron chi connectivity index (χ3n) is 2.93. The number of para-hydroxylation sites is 1. The van der Waals surface area contributed by atoms with Crippen LogP contribution in [0.4, 0.5) is 4.39 Å². The topological polar surface area (TPSA) is 98.5 Å². The molecule has 0 amide bonds. The van der Waals surface area contributed by atoms with Gasteiger partial charge >= 0.3 is 0 Å². The summed E-state index contributed by atoms with van der Waals surface area (Å²) in [4.78, 5) is 13.6. The largest absolute Gasteiger partial charge is 0.490 e. The van der Waals surface area contributed by atoms with Crippen LogP contribution in [0.3, 0.4) is 0 Å². The van der Waals surface area contributed by atoms with Crippen molar-refractivity contribution in [2.24, 2.45) is 21.5 Å². The summed E-state index contributed by atoms with van der Waals surface area (Å²) in [6.07, 6.45) is 0.549. The molecule has 9 heteroatoms. The van der Waals surface area contributed by atoms with Gasteiger partial charge in [-0.3, -0.25) is 4.84 Å². The third kappa shape index (κ3) is 5.07. The summed E-state index contributed by atoms with van der Waals surface area (Å²) in [6.45, 7) is 4.25. The van der Waals surface area contributed by atoms with Crippen LogP contribution in [0.2, 0.25) is 0 Å². The Morgan fingerprint density at radius 3 is 2.57 bits per heavy atom. The average Bonchev–Trinajstić information content (AvgIpc) is 2.42. The lowest BCUT2D eigenvalue weighted by molar-refractivity contribution is -0.158. The number of hydrogen-bond acceptors (Lipinski definition) is 7. The van der Waals surface area contributed by atoms with Crippen molar-refractivity contribution in [1.29, 1.82) is 0 Å². The van der Waals surface area contributed by atoms with Crippen molar-refractivity contribution in [3.8, 4) is 5.75 Å².